The van der Waals surface area contributed by atoms with Crippen molar-refractivity contribution in [3.8, 4) is 11.5 Å². The number of aromatic hydroxyl groups is 1. The van der Waals surface area contributed by atoms with Gasteiger partial charge in [0.1, 0.15) is 17.5 Å². The second kappa shape index (κ2) is 4.85. The van der Waals surface area contributed by atoms with Crippen molar-refractivity contribution in [3.05, 3.63) is 23.3 Å². The molecule has 88 valence electrons. The number of hydrogen-bond acceptors (Lipinski definition) is 4. The standard InChI is InChI=1S/C11H15NO4/c1-6-3-7(4-8(12)11(14)15)9(13)5-10(6)16-2/h3,5,8,13H,4,12H2,1-2H3,(H,14,15). The fourth-order valence-corrected chi connectivity index (χ4v) is 1.44. The van der Waals surface area contributed by atoms with Gasteiger partial charge < -0.3 is 20.7 Å². The molecule has 1 rings (SSSR count). The zero-order valence-corrected chi connectivity index (χ0v) is 9.23. The zero-order valence-electron chi connectivity index (χ0n) is 9.23. The van der Waals surface area contributed by atoms with Crippen LogP contribution in [0.25, 0.3) is 0 Å². The van der Waals surface area contributed by atoms with Gasteiger partial charge in [-0.1, -0.05) is 0 Å². The van der Waals surface area contributed by atoms with Crippen molar-refractivity contribution in [1.29, 1.82) is 0 Å². The smallest absolute Gasteiger partial charge is 0.320 e. The van der Waals surface area contributed by atoms with Gasteiger partial charge in [-0.05, 0) is 24.1 Å². The van der Waals surface area contributed by atoms with Crippen molar-refractivity contribution < 1.29 is 19.7 Å². The van der Waals surface area contributed by atoms with Crippen LogP contribution in [0.2, 0.25) is 0 Å². The molecule has 1 unspecified atom stereocenters. The van der Waals surface area contributed by atoms with Crippen LogP contribution >= 0.6 is 0 Å². The highest BCUT2D eigenvalue weighted by Crippen LogP contribution is 2.28. The van der Waals surface area contributed by atoms with E-state index in [4.69, 9.17) is 15.6 Å². The molecule has 0 bridgehead atoms. The predicted molar refractivity (Wildman–Crippen MR) is 58.7 cm³/mol. The molecule has 0 aliphatic heterocycles. The first-order valence-electron chi connectivity index (χ1n) is 4.80. The summed E-state index contributed by atoms with van der Waals surface area (Å²) in [5.74, 6) is -0.530. The third kappa shape index (κ3) is 2.64. The largest absolute Gasteiger partial charge is 0.508 e. The molecule has 0 aromatic heterocycles. The van der Waals surface area contributed by atoms with Gasteiger partial charge in [0.15, 0.2) is 0 Å². The highest BCUT2D eigenvalue weighted by atomic mass is 16.5. The number of methoxy groups -OCH3 is 1. The molecular weight excluding hydrogens is 210 g/mol. The van der Waals surface area contributed by atoms with Crippen molar-refractivity contribution in [3.63, 3.8) is 0 Å². The maximum atomic E-state index is 10.6. The number of phenolic OH excluding ortho intramolecular Hbond substituents is 1. The summed E-state index contributed by atoms with van der Waals surface area (Å²) in [7, 11) is 1.50. The Morgan fingerprint density at radius 3 is 2.69 bits per heavy atom. The van der Waals surface area contributed by atoms with E-state index in [9.17, 15) is 9.90 Å². The molecule has 16 heavy (non-hydrogen) atoms. The molecule has 4 N–H and O–H groups in total. The molecule has 0 aliphatic carbocycles. The lowest BCUT2D eigenvalue weighted by atomic mass is 10.0. The van der Waals surface area contributed by atoms with Gasteiger partial charge >= 0.3 is 5.97 Å². The van der Waals surface area contributed by atoms with E-state index >= 15 is 0 Å². The second-order valence-corrected chi connectivity index (χ2v) is 3.60. The van der Waals surface area contributed by atoms with Crippen LogP contribution in [0, 0.1) is 6.92 Å². The Bertz CT molecular complexity index is 403. The van der Waals surface area contributed by atoms with Crippen molar-refractivity contribution >= 4 is 5.97 Å². The molecule has 0 saturated carbocycles. The van der Waals surface area contributed by atoms with Gasteiger partial charge in [-0.25, -0.2) is 0 Å². The van der Waals surface area contributed by atoms with Crippen LogP contribution < -0.4 is 10.5 Å². The Labute approximate surface area is 93.5 Å². The number of rotatable bonds is 4. The maximum Gasteiger partial charge on any atom is 0.320 e. The fourth-order valence-electron chi connectivity index (χ4n) is 1.44. The lowest BCUT2D eigenvalue weighted by Gasteiger charge is -2.11. The highest BCUT2D eigenvalue weighted by molar-refractivity contribution is 5.73. The lowest BCUT2D eigenvalue weighted by molar-refractivity contribution is -0.138. The molecule has 0 fully saturated rings. The van der Waals surface area contributed by atoms with Crippen molar-refractivity contribution in [1.82, 2.24) is 0 Å². The molecule has 0 radical (unpaired) electrons. The first-order chi connectivity index (χ1) is 7.45. The number of carboxylic acids is 1. The minimum absolute atomic E-state index is 0.000787. The van der Waals surface area contributed by atoms with E-state index in [2.05, 4.69) is 0 Å². The molecule has 1 aromatic carbocycles. The van der Waals surface area contributed by atoms with Crippen LogP contribution in [0.5, 0.6) is 11.5 Å². The van der Waals surface area contributed by atoms with E-state index in [1.165, 1.54) is 13.2 Å². The average molecular weight is 225 g/mol. The number of ether oxygens (including phenoxy) is 1. The number of carbonyl (C=O) groups is 1. The Morgan fingerprint density at radius 2 is 2.19 bits per heavy atom. The molecule has 1 atom stereocenters. The highest BCUT2D eigenvalue weighted by Gasteiger charge is 2.15. The number of hydrogen-bond donors (Lipinski definition) is 3. The van der Waals surface area contributed by atoms with Crippen LogP contribution in [0.15, 0.2) is 12.1 Å². The number of phenols is 1. The summed E-state index contributed by atoms with van der Waals surface area (Å²) >= 11 is 0. The zero-order chi connectivity index (χ0) is 12.3. The number of nitrogens with two attached hydrogens (primary N) is 1. The molecule has 0 aliphatic rings. The van der Waals surface area contributed by atoms with Gasteiger partial charge in [-0.2, -0.15) is 0 Å². The maximum absolute atomic E-state index is 10.6. The Balaban J connectivity index is 2.98. The van der Waals surface area contributed by atoms with Gasteiger partial charge in [0.05, 0.1) is 7.11 Å². The van der Waals surface area contributed by atoms with E-state index < -0.39 is 12.0 Å². The van der Waals surface area contributed by atoms with Crippen LogP contribution in [0.4, 0.5) is 0 Å². The Morgan fingerprint density at radius 1 is 1.56 bits per heavy atom. The number of aryl methyl sites for hydroxylation is 1. The van der Waals surface area contributed by atoms with Crippen LogP contribution in [0.1, 0.15) is 11.1 Å². The van der Waals surface area contributed by atoms with Crippen molar-refractivity contribution in [2.24, 2.45) is 5.73 Å². The molecule has 0 heterocycles. The topological polar surface area (TPSA) is 92.8 Å². The molecule has 5 nitrogen and oxygen atoms in total. The first-order valence-corrected chi connectivity index (χ1v) is 4.80. The number of aliphatic carboxylic acids is 1. The third-order valence-electron chi connectivity index (χ3n) is 2.35. The summed E-state index contributed by atoms with van der Waals surface area (Å²) in [4.78, 5) is 10.6. The average Bonchev–Trinajstić information content (AvgIpc) is 2.22. The third-order valence-corrected chi connectivity index (χ3v) is 2.35. The number of carboxylic acid groups (broad SMARTS) is 1. The van der Waals surface area contributed by atoms with Gasteiger partial charge in [-0.3, -0.25) is 4.79 Å². The lowest BCUT2D eigenvalue weighted by Crippen LogP contribution is -2.32. The minimum Gasteiger partial charge on any atom is -0.508 e. The Hall–Kier alpha value is -1.75. The quantitative estimate of drug-likeness (QED) is 0.700. The Kier molecular flexibility index (Phi) is 3.73. The summed E-state index contributed by atoms with van der Waals surface area (Å²) < 4.78 is 5.03. The molecule has 5 heteroatoms. The summed E-state index contributed by atoms with van der Waals surface area (Å²) in [6.45, 7) is 1.81. The predicted octanol–water partition coefficient (Wildman–Crippen LogP) is 0.664. The molecule has 0 saturated heterocycles. The van der Waals surface area contributed by atoms with Gasteiger partial charge in [-0.15, -0.1) is 0 Å². The van der Waals surface area contributed by atoms with E-state index in [0.717, 1.165) is 5.56 Å². The van der Waals surface area contributed by atoms with Crippen molar-refractivity contribution in [2.45, 2.75) is 19.4 Å². The summed E-state index contributed by atoms with van der Waals surface area (Å²) in [5.41, 5.74) is 6.73. The van der Waals surface area contributed by atoms with Crippen molar-refractivity contribution in [2.75, 3.05) is 7.11 Å². The second-order valence-electron chi connectivity index (χ2n) is 3.60. The van der Waals surface area contributed by atoms with Crippen LogP contribution in [-0.2, 0) is 11.2 Å². The van der Waals surface area contributed by atoms with Gasteiger partial charge in [0, 0.05) is 12.5 Å². The molecule has 1 aromatic rings. The van der Waals surface area contributed by atoms with E-state index in [1.54, 1.807) is 6.07 Å². The minimum atomic E-state index is -1.09. The SMILES string of the molecule is COc1cc(O)c(CC(N)C(=O)O)cc1C. The number of benzene rings is 1. The fraction of sp³-hybridized carbons (Fsp3) is 0.364. The molecule has 0 spiro atoms. The monoisotopic (exact) mass is 225 g/mol. The van der Waals surface area contributed by atoms with E-state index in [-0.39, 0.29) is 12.2 Å². The van der Waals surface area contributed by atoms with Gasteiger partial charge in [0.2, 0.25) is 0 Å². The first kappa shape index (κ1) is 12.3. The van der Waals surface area contributed by atoms with E-state index in [0.29, 0.717) is 11.3 Å². The summed E-state index contributed by atoms with van der Waals surface area (Å²) in [6.07, 6.45) is 0.0893. The van der Waals surface area contributed by atoms with Crippen LogP contribution in [-0.4, -0.2) is 29.3 Å². The molecular formula is C11H15NO4. The van der Waals surface area contributed by atoms with Gasteiger partial charge in [0.25, 0.3) is 0 Å². The summed E-state index contributed by atoms with van der Waals surface area (Å²) in [6, 6.07) is 2.12. The van der Waals surface area contributed by atoms with E-state index in [1.807, 2.05) is 6.92 Å². The normalized spacial score (nSPS) is 12.2. The summed E-state index contributed by atoms with van der Waals surface area (Å²) in [5, 5.41) is 18.3. The van der Waals surface area contributed by atoms with Crippen LogP contribution in [0.3, 0.4) is 0 Å². The molecule has 0 amide bonds.